The first-order valence-electron chi connectivity index (χ1n) is 12.8. The fraction of sp³-hybridized carbons (Fsp3) is 0.481. The fourth-order valence-corrected chi connectivity index (χ4v) is 5.75. The fourth-order valence-electron chi connectivity index (χ4n) is 5.19. The number of carbonyl (C=O) groups excluding carboxylic acids is 2. The van der Waals surface area contributed by atoms with E-state index in [4.69, 9.17) is 4.74 Å². The van der Waals surface area contributed by atoms with E-state index in [1.807, 2.05) is 30.3 Å². The summed E-state index contributed by atoms with van der Waals surface area (Å²) in [5, 5.41) is 9.97. The lowest BCUT2D eigenvalue weighted by Crippen LogP contribution is -2.41. The van der Waals surface area contributed by atoms with Crippen LogP contribution in [0.1, 0.15) is 36.9 Å². The first kappa shape index (κ1) is 27.9. The maximum absolute atomic E-state index is 13.3. The molecule has 2 aromatic carbocycles. The Labute approximate surface area is 224 Å². The number of benzene rings is 2. The molecular weight excluding hydrogens is 508 g/mol. The highest BCUT2D eigenvalue weighted by Crippen LogP contribution is 2.41. The number of aliphatic hydroxyl groups is 1. The summed E-state index contributed by atoms with van der Waals surface area (Å²) in [4.78, 5) is 31.1. The van der Waals surface area contributed by atoms with Gasteiger partial charge >= 0.3 is 0 Å². The minimum absolute atomic E-state index is 0.201. The van der Waals surface area contributed by atoms with Crippen molar-refractivity contribution in [1.82, 2.24) is 9.80 Å². The molecule has 0 bridgehead atoms. The number of likely N-dealkylation sites (tertiary alicyclic amines) is 1. The van der Waals surface area contributed by atoms with Crippen molar-refractivity contribution in [2.75, 3.05) is 55.7 Å². The van der Waals surface area contributed by atoms with Gasteiger partial charge in [0.1, 0.15) is 5.75 Å². The van der Waals surface area contributed by atoms with Crippen LogP contribution >= 0.6 is 0 Å². The van der Waals surface area contributed by atoms with Crippen molar-refractivity contribution in [1.29, 1.82) is 0 Å². The SMILES string of the molecule is CC(=O)N1CCCc2c(OCC(=O)N(C)[C@H](CN3CC[C@H](O)C3)c3ccccc3)ccc(NS(C)(=O)=O)c21. The first-order chi connectivity index (χ1) is 18.0. The van der Waals surface area contributed by atoms with Crippen LogP contribution in [0.4, 0.5) is 11.4 Å². The van der Waals surface area contributed by atoms with Gasteiger partial charge in [0.15, 0.2) is 6.61 Å². The van der Waals surface area contributed by atoms with Crippen molar-refractivity contribution in [2.45, 2.75) is 38.3 Å². The Hall–Kier alpha value is -3.15. The maximum atomic E-state index is 13.3. The lowest BCUT2D eigenvalue weighted by Gasteiger charge is -2.33. The van der Waals surface area contributed by atoms with Gasteiger partial charge in [0.2, 0.25) is 15.9 Å². The molecule has 2 aromatic rings. The summed E-state index contributed by atoms with van der Waals surface area (Å²) >= 11 is 0. The molecule has 206 valence electrons. The minimum atomic E-state index is -3.57. The summed E-state index contributed by atoms with van der Waals surface area (Å²) in [5.41, 5.74) is 2.48. The van der Waals surface area contributed by atoms with Crippen LogP contribution in [0.5, 0.6) is 5.75 Å². The summed E-state index contributed by atoms with van der Waals surface area (Å²) < 4.78 is 32.4. The lowest BCUT2D eigenvalue weighted by molar-refractivity contribution is -0.134. The second-order valence-corrected chi connectivity index (χ2v) is 11.8. The molecule has 38 heavy (non-hydrogen) atoms. The third-order valence-corrected chi connectivity index (χ3v) is 7.66. The zero-order valence-electron chi connectivity index (χ0n) is 22.1. The molecule has 2 aliphatic heterocycles. The highest BCUT2D eigenvalue weighted by atomic mass is 32.2. The summed E-state index contributed by atoms with van der Waals surface area (Å²) in [6.07, 6.45) is 2.70. The topological polar surface area (TPSA) is 119 Å². The second-order valence-electron chi connectivity index (χ2n) is 10.0. The van der Waals surface area contributed by atoms with Crippen LogP contribution in [0.15, 0.2) is 42.5 Å². The van der Waals surface area contributed by atoms with Gasteiger partial charge in [-0.15, -0.1) is 0 Å². The maximum Gasteiger partial charge on any atom is 0.260 e. The summed E-state index contributed by atoms with van der Waals surface area (Å²) in [5.74, 6) is 0.0313. The van der Waals surface area contributed by atoms with Crippen LogP contribution in [0.2, 0.25) is 0 Å². The largest absolute Gasteiger partial charge is 0.483 e. The lowest BCUT2D eigenvalue weighted by atomic mass is 9.99. The molecule has 0 unspecified atom stereocenters. The van der Waals surface area contributed by atoms with Gasteiger partial charge < -0.3 is 19.6 Å². The predicted octanol–water partition coefficient (Wildman–Crippen LogP) is 2.00. The number of nitrogens with zero attached hydrogens (tertiary/aromatic N) is 3. The van der Waals surface area contributed by atoms with Gasteiger partial charge in [-0.1, -0.05) is 30.3 Å². The number of hydrogen-bond donors (Lipinski definition) is 2. The Morgan fingerprint density at radius 3 is 2.55 bits per heavy atom. The molecule has 2 heterocycles. The number of carbonyl (C=O) groups is 2. The van der Waals surface area contributed by atoms with E-state index in [-0.39, 0.29) is 30.6 Å². The van der Waals surface area contributed by atoms with Crippen LogP contribution in [0.25, 0.3) is 0 Å². The van der Waals surface area contributed by atoms with Crippen LogP contribution in [0.3, 0.4) is 0 Å². The summed E-state index contributed by atoms with van der Waals surface area (Å²) in [6.45, 7) is 3.64. The van der Waals surface area contributed by atoms with E-state index >= 15 is 0 Å². The van der Waals surface area contributed by atoms with Crippen molar-refractivity contribution >= 4 is 33.2 Å². The van der Waals surface area contributed by atoms with E-state index in [9.17, 15) is 23.1 Å². The minimum Gasteiger partial charge on any atom is -0.483 e. The Bertz CT molecular complexity index is 1270. The number of aliphatic hydroxyl groups excluding tert-OH is 1. The Morgan fingerprint density at radius 1 is 1.18 bits per heavy atom. The third kappa shape index (κ3) is 6.64. The Morgan fingerprint density at radius 2 is 1.92 bits per heavy atom. The average molecular weight is 545 g/mol. The highest BCUT2D eigenvalue weighted by Gasteiger charge is 2.30. The van der Waals surface area contributed by atoms with Crippen molar-refractivity contribution in [3.05, 3.63) is 53.6 Å². The highest BCUT2D eigenvalue weighted by molar-refractivity contribution is 7.92. The molecule has 1 fully saturated rings. The number of rotatable bonds is 9. The Balaban J connectivity index is 1.55. The molecule has 0 aromatic heterocycles. The zero-order valence-corrected chi connectivity index (χ0v) is 22.9. The molecule has 2 aliphatic rings. The van der Waals surface area contributed by atoms with Crippen molar-refractivity contribution in [2.24, 2.45) is 0 Å². The molecule has 2 N–H and O–H groups in total. The smallest absolute Gasteiger partial charge is 0.260 e. The molecule has 0 spiro atoms. The van der Waals surface area contributed by atoms with Gasteiger partial charge in [0, 0.05) is 45.7 Å². The number of likely N-dealkylation sites (N-methyl/N-ethyl adjacent to an activating group) is 1. The van der Waals surface area contributed by atoms with Crippen LogP contribution in [-0.4, -0.2) is 87.3 Å². The van der Waals surface area contributed by atoms with E-state index in [0.717, 1.165) is 24.8 Å². The standard InChI is InChI=1S/C27H36N4O6S/c1-19(32)31-14-7-10-22-25(12-11-23(27(22)31)28-38(3,35)36)37-18-26(34)29(2)24(20-8-5-4-6-9-20)17-30-15-13-21(33)16-30/h4-6,8-9,11-12,21,24,28,33H,7,10,13-18H2,1-3H3/t21-,24+/m0/s1. The number of fused-ring (bicyclic) bond motifs is 1. The van der Waals surface area contributed by atoms with E-state index < -0.39 is 10.0 Å². The average Bonchev–Trinajstić information content (AvgIpc) is 3.30. The van der Waals surface area contributed by atoms with Crippen LogP contribution < -0.4 is 14.4 Å². The summed E-state index contributed by atoms with van der Waals surface area (Å²) in [6, 6.07) is 12.8. The van der Waals surface area contributed by atoms with Gasteiger partial charge in [-0.2, -0.15) is 0 Å². The number of hydrogen-bond acceptors (Lipinski definition) is 7. The molecule has 0 saturated carbocycles. The Kier molecular flexibility index (Phi) is 8.59. The number of anilines is 2. The number of ether oxygens (including phenoxy) is 1. The third-order valence-electron chi connectivity index (χ3n) is 7.07. The van der Waals surface area contributed by atoms with Crippen LogP contribution in [-0.2, 0) is 26.0 Å². The number of nitrogens with one attached hydrogen (secondary N) is 1. The van der Waals surface area contributed by atoms with Crippen molar-refractivity contribution in [3.63, 3.8) is 0 Å². The van der Waals surface area contributed by atoms with E-state index in [0.29, 0.717) is 55.2 Å². The van der Waals surface area contributed by atoms with Crippen LogP contribution in [0, 0.1) is 0 Å². The number of sulfonamides is 1. The molecule has 0 aliphatic carbocycles. The molecule has 1 saturated heterocycles. The zero-order chi connectivity index (χ0) is 27.4. The quantitative estimate of drug-likeness (QED) is 0.496. The van der Waals surface area contributed by atoms with Gasteiger partial charge in [0.25, 0.3) is 5.91 Å². The predicted molar refractivity (Wildman–Crippen MR) is 146 cm³/mol. The summed E-state index contributed by atoms with van der Waals surface area (Å²) in [7, 11) is -1.82. The second kappa shape index (κ2) is 11.7. The van der Waals surface area contributed by atoms with Crippen molar-refractivity contribution < 1.29 is 27.9 Å². The number of amides is 2. The van der Waals surface area contributed by atoms with Gasteiger partial charge in [-0.25, -0.2) is 8.42 Å². The monoisotopic (exact) mass is 544 g/mol. The molecule has 0 radical (unpaired) electrons. The number of β-amino-alcohol motifs (C(OH)–C–C–N with tert-alkyl or cyclic N) is 1. The molecule has 11 heteroatoms. The van der Waals surface area contributed by atoms with Gasteiger partial charge in [-0.05, 0) is 37.0 Å². The first-order valence-corrected chi connectivity index (χ1v) is 14.7. The normalized spacial score (nSPS) is 18.5. The molecule has 2 amide bonds. The van der Waals surface area contributed by atoms with E-state index in [1.165, 1.54) is 6.92 Å². The van der Waals surface area contributed by atoms with E-state index in [2.05, 4.69) is 9.62 Å². The van der Waals surface area contributed by atoms with Gasteiger partial charge in [-0.3, -0.25) is 19.2 Å². The molecule has 10 nitrogen and oxygen atoms in total. The molecule has 2 atom stereocenters. The van der Waals surface area contributed by atoms with Crippen molar-refractivity contribution in [3.8, 4) is 5.75 Å². The molecular formula is C27H36N4O6S. The van der Waals surface area contributed by atoms with Gasteiger partial charge in [0.05, 0.1) is 29.8 Å². The van der Waals surface area contributed by atoms with E-state index in [1.54, 1.807) is 29.0 Å². The molecule has 4 rings (SSSR count).